The monoisotopic (exact) mass is 375 g/mol. The Bertz CT molecular complexity index is 691. The van der Waals surface area contributed by atoms with E-state index in [1.807, 2.05) is 25.1 Å². The lowest BCUT2D eigenvalue weighted by atomic mass is 10.2. The summed E-state index contributed by atoms with van der Waals surface area (Å²) in [6.45, 7) is 2.06. The molecule has 4 nitrogen and oxygen atoms in total. The SMILES string of the molecule is COc1ccccc1CNS(=O)(=O)c1cc(C)c(Br)s1. The number of aryl methyl sites for hydroxylation is 1. The van der Waals surface area contributed by atoms with E-state index >= 15 is 0 Å². The largest absolute Gasteiger partial charge is 0.496 e. The predicted molar refractivity (Wildman–Crippen MR) is 83.8 cm³/mol. The average molecular weight is 376 g/mol. The Morgan fingerprint density at radius 1 is 1.35 bits per heavy atom. The van der Waals surface area contributed by atoms with Crippen LogP contribution in [-0.4, -0.2) is 15.5 Å². The summed E-state index contributed by atoms with van der Waals surface area (Å²) in [6.07, 6.45) is 0. The lowest BCUT2D eigenvalue weighted by molar-refractivity contribution is 0.409. The molecule has 2 rings (SSSR count). The molecule has 0 bridgehead atoms. The van der Waals surface area contributed by atoms with Crippen LogP contribution in [0.5, 0.6) is 5.75 Å². The lowest BCUT2D eigenvalue weighted by Crippen LogP contribution is -2.22. The number of hydrogen-bond donors (Lipinski definition) is 1. The molecule has 20 heavy (non-hydrogen) atoms. The maximum Gasteiger partial charge on any atom is 0.250 e. The molecular formula is C13H14BrNO3S2. The molecule has 0 radical (unpaired) electrons. The van der Waals surface area contributed by atoms with Gasteiger partial charge in [-0.15, -0.1) is 11.3 Å². The van der Waals surface area contributed by atoms with E-state index < -0.39 is 10.0 Å². The van der Waals surface area contributed by atoms with Gasteiger partial charge in [-0.25, -0.2) is 13.1 Å². The third kappa shape index (κ3) is 3.41. The second-order valence-electron chi connectivity index (χ2n) is 4.16. The van der Waals surface area contributed by atoms with Gasteiger partial charge in [0.15, 0.2) is 0 Å². The van der Waals surface area contributed by atoms with Crippen molar-refractivity contribution in [3.05, 3.63) is 45.2 Å². The van der Waals surface area contributed by atoms with Gasteiger partial charge in [-0.2, -0.15) is 0 Å². The van der Waals surface area contributed by atoms with Gasteiger partial charge in [0.25, 0.3) is 0 Å². The van der Waals surface area contributed by atoms with Crippen LogP contribution in [0.1, 0.15) is 11.1 Å². The summed E-state index contributed by atoms with van der Waals surface area (Å²) in [4.78, 5) is 0. The minimum atomic E-state index is -3.50. The molecule has 0 saturated carbocycles. The van der Waals surface area contributed by atoms with E-state index in [1.54, 1.807) is 19.2 Å². The molecule has 2 aromatic rings. The molecule has 1 N–H and O–H groups in total. The number of rotatable bonds is 5. The first-order chi connectivity index (χ1) is 9.44. The van der Waals surface area contributed by atoms with Crippen LogP contribution in [0.15, 0.2) is 38.3 Å². The van der Waals surface area contributed by atoms with Gasteiger partial charge in [0.05, 0.1) is 10.9 Å². The highest BCUT2D eigenvalue weighted by Gasteiger charge is 2.18. The fourth-order valence-corrected chi connectivity index (χ4v) is 4.93. The van der Waals surface area contributed by atoms with Crippen molar-refractivity contribution in [3.63, 3.8) is 0 Å². The zero-order valence-corrected chi connectivity index (χ0v) is 14.2. The molecule has 0 unspecified atom stereocenters. The van der Waals surface area contributed by atoms with Crippen molar-refractivity contribution in [3.8, 4) is 5.75 Å². The Morgan fingerprint density at radius 3 is 2.65 bits per heavy atom. The Balaban J connectivity index is 2.17. The minimum Gasteiger partial charge on any atom is -0.496 e. The first-order valence-electron chi connectivity index (χ1n) is 5.81. The maximum absolute atomic E-state index is 12.2. The lowest BCUT2D eigenvalue weighted by Gasteiger charge is -2.09. The van der Waals surface area contributed by atoms with Crippen LogP contribution >= 0.6 is 27.3 Å². The zero-order valence-electron chi connectivity index (χ0n) is 11.0. The van der Waals surface area contributed by atoms with E-state index in [0.29, 0.717) is 9.96 Å². The first-order valence-corrected chi connectivity index (χ1v) is 8.91. The number of para-hydroxylation sites is 1. The number of hydrogen-bond acceptors (Lipinski definition) is 4. The number of methoxy groups -OCH3 is 1. The highest BCUT2D eigenvalue weighted by Crippen LogP contribution is 2.30. The molecule has 1 aromatic carbocycles. The molecular weight excluding hydrogens is 362 g/mol. The number of benzene rings is 1. The number of ether oxygens (including phenoxy) is 1. The van der Waals surface area contributed by atoms with E-state index in [9.17, 15) is 8.42 Å². The Morgan fingerprint density at radius 2 is 2.05 bits per heavy atom. The topological polar surface area (TPSA) is 55.4 Å². The van der Waals surface area contributed by atoms with E-state index in [4.69, 9.17) is 4.74 Å². The summed E-state index contributed by atoms with van der Waals surface area (Å²) in [5.74, 6) is 0.666. The van der Waals surface area contributed by atoms with Gasteiger partial charge in [0, 0.05) is 12.1 Å². The van der Waals surface area contributed by atoms with Crippen molar-refractivity contribution in [2.75, 3.05) is 7.11 Å². The predicted octanol–water partition coefficient (Wildman–Crippen LogP) is 3.31. The fourth-order valence-electron chi connectivity index (χ4n) is 1.66. The number of halogens is 1. The highest BCUT2D eigenvalue weighted by atomic mass is 79.9. The fraction of sp³-hybridized carbons (Fsp3) is 0.231. The number of thiophene rings is 1. The molecule has 108 valence electrons. The number of sulfonamides is 1. The van der Waals surface area contributed by atoms with Gasteiger partial charge in [0.1, 0.15) is 9.96 Å². The maximum atomic E-state index is 12.2. The Kier molecular flexibility index (Phi) is 4.85. The first kappa shape index (κ1) is 15.5. The van der Waals surface area contributed by atoms with Crippen molar-refractivity contribution >= 4 is 37.3 Å². The van der Waals surface area contributed by atoms with Crippen LogP contribution in [0, 0.1) is 6.92 Å². The van der Waals surface area contributed by atoms with E-state index in [2.05, 4.69) is 20.7 Å². The molecule has 0 aliphatic rings. The van der Waals surface area contributed by atoms with Crippen LogP contribution in [0.3, 0.4) is 0 Å². The normalized spacial score (nSPS) is 11.6. The second-order valence-corrected chi connectivity index (χ2v) is 8.52. The average Bonchev–Trinajstić information content (AvgIpc) is 2.78. The van der Waals surface area contributed by atoms with Crippen LogP contribution in [0.4, 0.5) is 0 Å². The zero-order chi connectivity index (χ0) is 14.8. The van der Waals surface area contributed by atoms with E-state index in [1.165, 1.54) is 11.3 Å². The van der Waals surface area contributed by atoms with Gasteiger partial charge < -0.3 is 4.74 Å². The van der Waals surface area contributed by atoms with Gasteiger partial charge in [-0.1, -0.05) is 18.2 Å². The van der Waals surface area contributed by atoms with E-state index in [-0.39, 0.29) is 6.54 Å². The summed E-state index contributed by atoms with van der Waals surface area (Å²) in [5, 5.41) is 0. The van der Waals surface area contributed by atoms with Crippen molar-refractivity contribution in [1.82, 2.24) is 4.72 Å². The minimum absolute atomic E-state index is 0.195. The van der Waals surface area contributed by atoms with Crippen molar-refractivity contribution in [2.45, 2.75) is 17.7 Å². The molecule has 0 aliphatic carbocycles. The van der Waals surface area contributed by atoms with Crippen LogP contribution in [0.2, 0.25) is 0 Å². The summed E-state index contributed by atoms with van der Waals surface area (Å²) in [5.41, 5.74) is 1.71. The third-order valence-corrected chi connectivity index (χ3v) is 6.76. The number of nitrogens with one attached hydrogen (secondary N) is 1. The molecule has 1 heterocycles. The molecule has 0 amide bonds. The smallest absolute Gasteiger partial charge is 0.250 e. The van der Waals surface area contributed by atoms with E-state index in [0.717, 1.165) is 14.9 Å². The molecule has 0 atom stereocenters. The van der Waals surface area contributed by atoms with Crippen LogP contribution in [-0.2, 0) is 16.6 Å². The molecule has 7 heteroatoms. The van der Waals surface area contributed by atoms with Crippen molar-refractivity contribution in [1.29, 1.82) is 0 Å². The quantitative estimate of drug-likeness (QED) is 0.871. The van der Waals surface area contributed by atoms with Gasteiger partial charge in [0.2, 0.25) is 10.0 Å². The summed E-state index contributed by atoms with van der Waals surface area (Å²) in [7, 11) is -1.94. The molecule has 0 saturated heterocycles. The molecule has 1 aromatic heterocycles. The van der Waals surface area contributed by atoms with Gasteiger partial charge in [-0.3, -0.25) is 0 Å². The summed E-state index contributed by atoms with van der Waals surface area (Å²) >= 11 is 4.53. The molecule has 0 aliphatic heterocycles. The molecule has 0 fully saturated rings. The van der Waals surface area contributed by atoms with Crippen molar-refractivity contribution < 1.29 is 13.2 Å². The Hall–Kier alpha value is -0.890. The van der Waals surface area contributed by atoms with Gasteiger partial charge >= 0.3 is 0 Å². The van der Waals surface area contributed by atoms with Crippen LogP contribution in [0.25, 0.3) is 0 Å². The highest BCUT2D eigenvalue weighted by molar-refractivity contribution is 9.11. The van der Waals surface area contributed by atoms with Crippen molar-refractivity contribution in [2.24, 2.45) is 0 Å². The van der Waals surface area contributed by atoms with Gasteiger partial charge in [-0.05, 0) is 40.5 Å². The summed E-state index contributed by atoms with van der Waals surface area (Å²) < 4.78 is 33.3. The third-order valence-electron chi connectivity index (χ3n) is 2.74. The Labute approximate surface area is 131 Å². The second kappa shape index (κ2) is 6.26. The standard InChI is InChI=1S/C13H14BrNO3S2/c1-9-7-12(19-13(9)14)20(16,17)15-8-10-5-3-4-6-11(10)18-2/h3-7,15H,8H2,1-2H3. The van der Waals surface area contributed by atoms with Crippen LogP contribution < -0.4 is 9.46 Å². The summed E-state index contributed by atoms with van der Waals surface area (Å²) in [6, 6.07) is 8.97. The molecule has 0 spiro atoms.